The average Bonchev–Trinajstić information content (AvgIpc) is 3.05. The number of aromatic nitrogens is 1. The molecule has 1 aliphatic heterocycles. The van der Waals surface area contributed by atoms with Crippen LogP contribution in [0, 0.1) is 0 Å². The first kappa shape index (κ1) is 13.9. The molecule has 0 radical (unpaired) electrons. The van der Waals surface area contributed by atoms with Gasteiger partial charge in [-0.2, -0.15) is 0 Å². The Balaban J connectivity index is 1.93. The van der Waals surface area contributed by atoms with E-state index in [-0.39, 0.29) is 11.2 Å². The normalized spacial score (nSPS) is 17.9. The van der Waals surface area contributed by atoms with Gasteiger partial charge in [-0.1, -0.05) is 22.9 Å². The van der Waals surface area contributed by atoms with Crippen LogP contribution in [0.4, 0.5) is 5.13 Å². The lowest BCUT2D eigenvalue weighted by molar-refractivity contribution is 0.0606. The lowest BCUT2D eigenvalue weighted by atomic mass is 10.0. The largest absolute Gasteiger partial charge is 0.465 e. The average molecular weight is 329 g/mol. The Morgan fingerprint density at radius 1 is 1.60 bits per heavy atom. The predicted octanol–water partition coefficient (Wildman–Crippen LogP) is 3.77. The number of fused-ring (bicyclic) bond motifs is 1. The zero-order chi connectivity index (χ0) is 14.3. The zero-order valence-electron chi connectivity index (χ0n) is 11.1. The molecule has 1 aliphatic rings. The van der Waals surface area contributed by atoms with E-state index >= 15 is 0 Å². The molecule has 0 bridgehead atoms. The third kappa shape index (κ3) is 2.21. The van der Waals surface area contributed by atoms with Crippen molar-refractivity contribution in [3.8, 4) is 0 Å². The molecule has 4 nitrogen and oxygen atoms in total. The number of thiophene rings is 1. The summed E-state index contributed by atoms with van der Waals surface area (Å²) in [6, 6.07) is 2.41. The molecule has 0 aliphatic carbocycles. The van der Waals surface area contributed by atoms with Gasteiger partial charge >= 0.3 is 5.97 Å². The monoisotopic (exact) mass is 328 g/mol. The van der Waals surface area contributed by atoms with E-state index in [2.05, 4.69) is 28.3 Å². The van der Waals surface area contributed by atoms with E-state index in [0.717, 1.165) is 18.1 Å². The van der Waals surface area contributed by atoms with Crippen molar-refractivity contribution in [3.05, 3.63) is 31.9 Å². The highest BCUT2D eigenvalue weighted by Gasteiger charge is 2.28. The molecule has 20 heavy (non-hydrogen) atoms. The number of carbonyl (C=O) groups excluding carboxylic acids is 1. The van der Waals surface area contributed by atoms with Crippen LogP contribution < -0.4 is 4.90 Å². The summed E-state index contributed by atoms with van der Waals surface area (Å²) in [6.07, 6.45) is 1.00. The molecule has 2 aromatic rings. The lowest BCUT2D eigenvalue weighted by Crippen LogP contribution is -2.32. The summed E-state index contributed by atoms with van der Waals surface area (Å²) in [7, 11) is 1.35. The van der Waals surface area contributed by atoms with Crippen molar-refractivity contribution in [2.45, 2.75) is 19.4 Å². The Morgan fingerprint density at radius 2 is 2.40 bits per heavy atom. The quantitative estimate of drug-likeness (QED) is 0.787. The minimum absolute atomic E-state index is 0.222. The highest BCUT2D eigenvalue weighted by molar-refractivity contribution is 7.18. The van der Waals surface area contributed by atoms with Crippen molar-refractivity contribution in [1.29, 1.82) is 0 Å². The zero-order valence-corrected chi connectivity index (χ0v) is 13.4. The Labute approximate surface area is 130 Å². The van der Waals surface area contributed by atoms with Gasteiger partial charge in [0.05, 0.1) is 13.2 Å². The fraction of sp³-hybridized carbons (Fsp3) is 0.385. The molecule has 0 N–H and O–H groups in total. The highest BCUT2D eigenvalue weighted by atomic mass is 35.5. The second kappa shape index (κ2) is 5.35. The molecule has 0 spiro atoms. The molecule has 0 saturated heterocycles. The van der Waals surface area contributed by atoms with Crippen LogP contribution in [-0.4, -0.2) is 24.6 Å². The number of hydrogen-bond donors (Lipinski definition) is 0. The summed E-state index contributed by atoms with van der Waals surface area (Å²) < 4.78 is 4.72. The fourth-order valence-corrected chi connectivity index (χ4v) is 4.67. The molecule has 1 atom stereocenters. The van der Waals surface area contributed by atoms with E-state index in [1.54, 1.807) is 11.3 Å². The van der Waals surface area contributed by atoms with Gasteiger partial charge in [0.2, 0.25) is 0 Å². The van der Waals surface area contributed by atoms with Crippen molar-refractivity contribution in [3.63, 3.8) is 0 Å². The number of methoxy groups -OCH3 is 1. The van der Waals surface area contributed by atoms with Crippen molar-refractivity contribution in [2.75, 3.05) is 18.6 Å². The maximum atomic E-state index is 11.6. The third-order valence-electron chi connectivity index (χ3n) is 3.47. The molecule has 0 saturated carbocycles. The summed E-state index contributed by atoms with van der Waals surface area (Å²) in [6.45, 7) is 3.04. The van der Waals surface area contributed by atoms with Crippen molar-refractivity contribution >= 4 is 45.4 Å². The molecule has 2 aromatic heterocycles. The minimum Gasteiger partial charge on any atom is -0.465 e. The van der Waals surface area contributed by atoms with Gasteiger partial charge in [0.1, 0.15) is 0 Å². The molecule has 0 aromatic carbocycles. The second-order valence-corrected chi connectivity index (χ2v) is 6.86. The molecular weight excluding hydrogens is 316 g/mol. The van der Waals surface area contributed by atoms with Gasteiger partial charge in [-0.3, -0.25) is 0 Å². The SMILES string of the molecule is COC(=O)c1sc(N2CCc3sccc3C2C)nc1Cl. The number of anilines is 1. The summed E-state index contributed by atoms with van der Waals surface area (Å²) in [4.78, 5) is 19.9. The van der Waals surface area contributed by atoms with Gasteiger partial charge in [0.15, 0.2) is 15.2 Å². The van der Waals surface area contributed by atoms with Crippen LogP contribution in [-0.2, 0) is 11.2 Å². The Kier molecular flexibility index (Phi) is 3.70. The van der Waals surface area contributed by atoms with Crippen molar-refractivity contribution in [2.24, 2.45) is 0 Å². The molecule has 106 valence electrons. The maximum absolute atomic E-state index is 11.6. The summed E-state index contributed by atoms with van der Waals surface area (Å²) in [5, 5.41) is 3.12. The maximum Gasteiger partial charge on any atom is 0.351 e. The lowest BCUT2D eigenvalue weighted by Gasteiger charge is -2.33. The van der Waals surface area contributed by atoms with Gasteiger partial charge in [-0.15, -0.1) is 11.3 Å². The number of halogens is 1. The number of hydrogen-bond acceptors (Lipinski definition) is 6. The first-order valence-corrected chi connectivity index (χ1v) is 8.26. The molecule has 3 rings (SSSR count). The van der Waals surface area contributed by atoms with Crippen LogP contribution in [0.5, 0.6) is 0 Å². The Bertz CT molecular complexity index is 653. The summed E-state index contributed by atoms with van der Waals surface area (Å²) in [5.74, 6) is -0.431. The summed E-state index contributed by atoms with van der Waals surface area (Å²) in [5.41, 5.74) is 1.34. The van der Waals surface area contributed by atoms with E-state index in [4.69, 9.17) is 16.3 Å². The number of ether oxygens (including phenoxy) is 1. The van der Waals surface area contributed by atoms with Gasteiger partial charge in [0.25, 0.3) is 0 Å². The van der Waals surface area contributed by atoms with Gasteiger partial charge < -0.3 is 9.64 Å². The molecule has 7 heteroatoms. The molecule has 1 unspecified atom stereocenters. The van der Waals surface area contributed by atoms with Crippen LogP contribution in [0.25, 0.3) is 0 Å². The van der Waals surface area contributed by atoms with Crippen molar-refractivity contribution < 1.29 is 9.53 Å². The molecule has 3 heterocycles. The van der Waals surface area contributed by atoms with Crippen LogP contribution in [0.1, 0.15) is 33.1 Å². The van der Waals surface area contributed by atoms with Gasteiger partial charge in [-0.05, 0) is 30.4 Å². The fourth-order valence-electron chi connectivity index (χ4n) is 2.40. The second-order valence-electron chi connectivity index (χ2n) is 4.53. The van der Waals surface area contributed by atoms with Crippen LogP contribution >= 0.6 is 34.3 Å². The van der Waals surface area contributed by atoms with E-state index < -0.39 is 5.97 Å². The van der Waals surface area contributed by atoms with E-state index in [9.17, 15) is 4.79 Å². The number of carbonyl (C=O) groups is 1. The molecular formula is C13H13ClN2O2S2. The summed E-state index contributed by atoms with van der Waals surface area (Å²) >= 11 is 9.13. The topological polar surface area (TPSA) is 42.4 Å². The first-order chi connectivity index (χ1) is 9.61. The standard InChI is InChI=1S/C13H13ClN2O2S2/c1-7-8-4-6-19-9(8)3-5-16(7)13-15-11(14)10(20-13)12(17)18-2/h4,6-7H,3,5H2,1-2H3. The minimum atomic E-state index is -0.431. The van der Waals surface area contributed by atoms with Crippen molar-refractivity contribution in [1.82, 2.24) is 4.98 Å². The smallest absolute Gasteiger partial charge is 0.351 e. The number of rotatable bonds is 2. The van der Waals surface area contributed by atoms with E-state index in [1.165, 1.54) is 28.9 Å². The van der Waals surface area contributed by atoms with Gasteiger partial charge in [0, 0.05) is 11.4 Å². The predicted molar refractivity (Wildman–Crippen MR) is 82.2 cm³/mol. The molecule has 0 fully saturated rings. The highest BCUT2D eigenvalue weighted by Crippen LogP contribution is 2.39. The van der Waals surface area contributed by atoms with E-state index in [0.29, 0.717) is 4.88 Å². The van der Waals surface area contributed by atoms with E-state index in [1.807, 2.05) is 0 Å². The number of esters is 1. The Hall–Kier alpha value is -1.11. The first-order valence-electron chi connectivity index (χ1n) is 6.19. The van der Waals surface area contributed by atoms with Gasteiger partial charge in [-0.25, -0.2) is 9.78 Å². The number of nitrogens with zero attached hydrogens (tertiary/aromatic N) is 2. The number of thiazole rings is 1. The van der Waals surface area contributed by atoms with Crippen LogP contribution in [0.3, 0.4) is 0 Å². The van der Waals surface area contributed by atoms with Crippen LogP contribution in [0.2, 0.25) is 5.15 Å². The third-order valence-corrected chi connectivity index (χ3v) is 5.92. The molecule has 0 amide bonds. The van der Waals surface area contributed by atoms with Crippen LogP contribution in [0.15, 0.2) is 11.4 Å². The Morgan fingerprint density at radius 3 is 3.15 bits per heavy atom.